The summed E-state index contributed by atoms with van der Waals surface area (Å²) < 4.78 is 14.4. The molecule has 1 aromatic rings. The summed E-state index contributed by atoms with van der Waals surface area (Å²) in [5.41, 5.74) is 1.81. The number of hydrogen-bond acceptors (Lipinski definition) is 2. The summed E-state index contributed by atoms with van der Waals surface area (Å²) in [5.74, 6) is 0.504. The zero-order valence-corrected chi connectivity index (χ0v) is 13.5. The fourth-order valence-electron chi connectivity index (χ4n) is 2.61. The molecule has 0 bridgehead atoms. The van der Waals surface area contributed by atoms with E-state index < -0.39 is 0 Å². The predicted octanol–water partition coefficient (Wildman–Crippen LogP) is 4.37. The highest BCUT2D eigenvalue weighted by molar-refractivity contribution is 5.56. The van der Waals surface area contributed by atoms with Gasteiger partial charge in [-0.3, -0.25) is 0 Å². The van der Waals surface area contributed by atoms with Gasteiger partial charge in [0.1, 0.15) is 5.82 Å². The van der Waals surface area contributed by atoms with Crippen molar-refractivity contribution >= 4 is 5.69 Å². The van der Waals surface area contributed by atoms with E-state index in [1.165, 1.54) is 0 Å². The van der Waals surface area contributed by atoms with Crippen molar-refractivity contribution in [3.8, 4) is 0 Å². The Balaban J connectivity index is 3.13. The Morgan fingerprint density at radius 1 is 1.20 bits per heavy atom. The number of anilines is 1. The topological polar surface area (TPSA) is 15.3 Å². The summed E-state index contributed by atoms with van der Waals surface area (Å²) in [5, 5.41) is 3.22. The van der Waals surface area contributed by atoms with E-state index in [0.717, 1.165) is 37.2 Å². The van der Waals surface area contributed by atoms with Crippen LogP contribution in [0.1, 0.15) is 52.1 Å². The van der Waals surface area contributed by atoms with Gasteiger partial charge in [0.15, 0.2) is 0 Å². The fraction of sp³-hybridized carbons (Fsp3) is 0.647. The molecule has 1 unspecified atom stereocenters. The molecule has 0 heterocycles. The number of nitrogens with zero attached hydrogens (tertiary/aromatic N) is 1. The molecule has 20 heavy (non-hydrogen) atoms. The van der Waals surface area contributed by atoms with Crippen molar-refractivity contribution in [1.29, 1.82) is 0 Å². The van der Waals surface area contributed by atoms with E-state index in [1.54, 1.807) is 12.1 Å². The normalized spacial score (nSPS) is 12.8. The Morgan fingerprint density at radius 2 is 1.85 bits per heavy atom. The third kappa shape index (κ3) is 3.95. The van der Waals surface area contributed by atoms with Gasteiger partial charge in [-0.1, -0.05) is 38.8 Å². The number of nitrogens with one attached hydrogen (secondary N) is 1. The largest absolute Gasteiger partial charge is 0.369 e. The van der Waals surface area contributed by atoms with Gasteiger partial charge in [-0.15, -0.1) is 0 Å². The van der Waals surface area contributed by atoms with Gasteiger partial charge in [0.25, 0.3) is 0 Å². The number of halogens is 1. The van der Waals surface area contributed by atoms with Crippen molar-refractivity contribution in [1.82, 2.24) is 5.32 Å². The van der Waals surface area contributed by atoms with Crippen LogP contribution in [0.3, 0.4) is 0 Å². The molecule has 0 amide bonds. The maximum Gasteiger partial charge on any atom is 0.146 e. The second-order valence-electron chi connectivity index (χ2n) is 5.41. The zero-order valence-electron chi connectivity index (χ0n) is 13.5. The quantitative estimate of drug-likeness (QED) is 0.760. The van der Waals surface area contributed by atoms with E-state index in [0.29, 0.717) is 5.92 Å². The van der Waals surface area contributed by atoms with Crippen LogP contribution in [0.4, 0.5) is 10.1 Å². The van der Waals surface area contributed by atoms with Crippen LogP contribution in [0.25, 0.3) is 0 Å². The maximum atomic E-state index is 14.4. The second-order valence-corrected chi connectivity index (χ2v) is 5.41. The van der Waals surface area contributed by atoms with Crippen LogP contribution in [0.2, 0.25) is 0 Å². The van der Waals surface area contributed by atoms with Crippen molar-refractivity contribution < 1.29 is 4.39 Å². The Kier molecular flexibility index (Phi) is 7.00. The summed E-state index contributed by atoms with van der Waals surface area (Å²) in [6, 6.07) is 5.54. The van der Waals surface area contributed by atoms with Crippen LogP contribution in [0.15, 0.2) is 18.2 Å². The minimum absolute atomic E-state index is 0.114. The van der Waals surface area contributed by atoms with Gasteiger partial charge in [0, 0.05) is 19.1 Å². The molecule has 0 fully saturated rings. The average molecular weight is 280 g/mol. The number of para-hydroxylation sites is 1. The molecule has 0 aliphatic carbocycles. The smallest absolute Gasteiger partial charge is 0.146 e. The lowest BCUT2D eigenvalue weighted by Gasteiger charge is -2.31. The molecule has 3 heteroatoms. The Morgan fingerprint density at radius 3 is 2.35 bits per heavy atom. The standard InChI is InChI=1S/C17H29FN2/c1-6-14(7-2)12-20(8-3)17-15(13(4)19-5)10-9-11-16(17)18/h9-11,13-14,19H,6-8,12H2,1-5H3. The third-order valence-electron chi connectivity index (χ3n) is 4.25. The van der Waals surface area contributed by atoms with Crippen LogP contribution in [-0.2, 0) is 0 Å². The van der Waals surface area contributed by atoms with E-state index in [-0.39, 0.29) is 11.9 Å². The summed E-state index contributed by atoms with van der Waals surface area (Å²) in [6.45, 7) is 10.3. The number of benzene rings is 1. The molecular weight excluding hydrogens is 251 g/mol. The molecule has 0 saturated heterocycles. The first-order chi connectivity index (χ1) is 9.58. The lowest BCUT2D eigenvalue weighted by molar-refractivity contribution is 0.479. The number of rotatable bonds is 8. The van der Waals surface area contributed by atoms with Crippen molar-refractivity contribution in [2.75, 3.05) is 25.0 Å². The molecule has 1 rings (SSSR count). The molecule has 0 radical (unpaired) electrons. The monoisotopic (exact) mass is 280 g/mol. The molecule has 114 valence electrons. The van der Waals surface area contributed by atoms with E-state index in [4.69, 9.17) is 0 Å². The minimum Gasteiger partial charge on any atom is -0.369 e. The molecule has 0 spiro atoms. The van der Waals surface area contributed by atoms with Crippen molar-refractivity contribution in [2.45, 2.75) is 46.6 Å². The molecule has 0 aliphatic heterocycles. The maximum absolute atomic E-state index is 14.4. The average Bonchev–Trinajstić information content (AvgIpc) is 2.48. The minimum atomic E-state index is -0.114. The third-order valence-corrected chi connectivity index (χ3v) is 4.25. The summed E-state index contributed by atoms with van der Waals surface area (Å²) >= 11 is 0. The summed E-state index contributed by atoms with van der Waals surface area (Å²) in [6.07, 6.45) is 2.27. The molecule has 2 nitrogen and oxygen atoms in total. The van der Waals surface area contributed by atoms with Crippen LogP contribution in [0.5, 0.6) is 0 Å². The van der Waals surface area contributed by atoms with E-state index >= 15 is 0 Å². The Bertz CT molecular complexity index is 402. The molecule has 0 aliphatic rings. The van der Waals surface area contributed by atoms with Gasteiger partial charge in [0.2, 0.25) is 0 Å². The van der Waals surface area contributed by atoms with Gasteiger partial charge in [-0.2, -0.15) is 0 Å². The number of hydrogen-bond donors (Lipinski definition) is 1. The summed E-state index contributed by atoms with van der Waals surface area (Å²) in [4.78, 5) is 2.19. The van der Waals surface area contributed by atoms with Crippen LogP contribution in [-0.4, -0.2) is 20.1 Å². The molecular formula is C17H29FN2. The van der Waals surface area contributed by atoms with Crippen molar-refractivity contribution in [3.63, 3.8) is 0 Å². The lowest BCUT2D eigenvalue weighted by Crippen LogP contribution is -2.31. The van der Waals surface area contributed by atoms with Gasteiger partial charge >= 0.3 is 0 Å². The first kappa shape index (κ1) is 17.0. The molecule has 0 saturated carbocycles. The van der Waals surface area contributed by atoms with Gasteiger partial charge in [-0.25, -0.2) is 4.39 Å². The fourth-order valence-corrected chi connectivity index (χ4v) is 2.61. The highest BCUT2D eigenvalue weighted by Gasteiger charge is 2.20. The van der Waals surface area contributed by atoms with Gasteiger partial charge < -0.3 is 10.2 Å². The lowest BCUT2D eigenvalue weighted by atomic mass is 10.00. The predicted molar refractivity (Wildman–Crippen MR) is 85.8 cm³/mol. The Hall–Kier alpha value is -1.09. The van der Waals surface area contributed by atoms with E-state index in [2.05, 4.69) is 37.9 Å². The first-order valence-electron chi connectivity index (χ1n) is 7.79. The van der Waals surface area contributed by atoms with Gasteiger partial charge in [0.05, 0.1) is 5.69 Å². The molecule has 0 aromatic heterocycles. The van der Waals surface area contributed by atoms with Gasteiger partial charge in [-0.05, 0) is 38.4 Å². The van der Waals surface area contributed by atoms with Crippen LogP contribution in [0, 0.1) is 11.7 Å². The van der Waals surface area contributed by atoms with Crippen molar-refractivity contribution in [2.24, 2.45) is 5.92 Å². The van der Waals surface area contributed by atoms with E-state index in [9.17, 15) is 4.39 Å². The highest BCUT2D eigenvalue weighted by Crippen LogP contribution is 2.30. The molecule has 1 aromatic carbocycles. The van der Waals surface area contributed by atoms with Crippen LogP contribution >= 0.6 is 0 Å². The molecule has 1 N–H and O–H groups in total. The highest BCUT2D eigenvalue weighted by atomic mass is 19.1. The van der Waals surface area contributed by atoms with Crippen LogP contribution < -0.4 is 10.2 Å². The summed E-state index contributed by atoms with van der Waals surface area (Å²) in [7, 11) is 1.91. The van der Waals surface area contributed by atoms with Crippen molar-refractivity contribution in [3.05, 3.63) is 29.6 Å². The second kappa shape index (κ2) is 8.25. The first-order valence-corrected chi connectivity index (χ1v) is 7.79. The zero-order chi connectivity index (χ0) is 15.1. The Labute approximate surface area is 123 Å². The van der Waals surface area contributed by atoms with E-state index in [1.807, 2.05) is 13.1 Å². The molecule has 1 atom stereocenters. The SMILES string of the molecule is CCC(CC)CN(CC)c1c(F)cccc1C(C)NC.